The van der Waals surface area contributed by atoms with E-state index in [4.69, 9.17) is 4.74 Å². The Morgan fingerprint density at radius 1 is 1.53 bits per heavy atom. The lowest BCUT2D eigenvalue weighted by Gasteiger charge is -2.02. The largest absolute Gasteiger partial charge is 0.423 e. The lowest BCUT2D eigenvalue weighted by Crippen LogP contribution is -1.94. The lowest BCUT2D eigenvalue weighted by atomic mass is 10.3. The molecule has 17 heavy (non-hydrogen) atoms. The number of ether oxygens (including phenoxy) is 1. The summed E-state index contributed by atoms with van der Waals surface area (Å²) in [5.41, 5.74) is -0.434. The Bertz CT molecular complexity index is 575. The summed E-state index contributed by atoms with van der Waals surface area (Å²) in [5.74, 6) is -0.734. The molecule has 1 aromatic carbocycles. The van der Waals surface area contributed by atoms with E-state index in [1.54, 1.807) is 5.38 Å². The smallest absolute Gasteiger partial charge is 0.314 e. The minimum absolute atomic E-state index is 0.0433. The van der Waals surface area contributed by atoms with Gasteiger partial charge < -0.3 is 4.74 Å². The topological polar surface area (TPSA) is 65.3 Å². The zero-order chi connectivity index (χ0) is 12.4. The molecule has 0 amide bonds. The maximum Gasteiger partial charge on any atom is 0.314 e. The first kappa shape index (κ1) is 11.9. The van der Waals surface area contributed by atoms with E-state index < -0.39 is 16.4 Å². The highest BCUT2D eigenvalue weighted by atomic mass is 79.9. The van der Waals surface area contributed by atoms with Gasteiger partial charge in [-0.1, -0.05) is 11.3 Å². The van der Waals surface area contributed by atoms with E-state index in [1.807, 2.05) is 0 Å². The Hall–Kier alpha value is -1.54. The van der Waals surface area contributed by atoms with Crippen LogP contribution < -0.4 is 4.74 Å². The predicted octanol–water partition coefficient (Wildman–Crippen LogP) is 3.75. The lowest BCUT2D eigenvalue weighted by molar-refractivity contribution is -0.385. The van der Waals surface area contributed by atoms with Gasteiger partial charge >= 0.3 is 5.69 Å². The molecule has 5 nitrogen and oxygen atoms in total. The third kappa shape index (κ3) is 2.77. The molecule has 8 heteroatoms. The van der Waals surface area contributed by atoms with Crippen LogP contribution in [-0.4, -0.2) is 9.91 Å². The molecular formula is C9H4BrFN2O3S. The van der Waals surface area contributed by atoms with E-state index in [0.717, 1.165) is 12.1 Å². The molecule has 0 saturated carbocycles. The summed E-state index contributed by atoms with van der Waals surface area (Å²) in [6.45, 7) is 0. The summed E-state index contributed by atoms with van der Waals surface area (Å²) < 4.78 is 18.7. The van der Waals surface area contributed by atoms with Crippen molar-refractivity contribution in [3.8, 4) is 10.9 Å². The molecule has 0 aliphatic carbocycles. The molecule has 0 bridgehead atoms. The molecule has 0 atom stereocenters. The Kier molecular flexibility index (Phi) is 3.34. The van der Waals surface area contributed by atoms with Crippen molar-refractivity contribution in [1.29, 1.82) is 0 Å². The Labute approximate surface area is 107 Å². The molecule has 2 aromatic rings. The number of aromatic nitrogens is 1. The molecule has 0 spiro atoms. The van der Waals surface area contributed by atoms with E-state index in [1.165, 1.54) is 17.4 Å². The molecule has 0 N–H and O–H groups in total. The van der Waals surface area contributed by atoms with Gasteiger partial charge in [-0.25, -0.2) is 4.39 Å². The van der Waals surface area contributed by atoms with Crippen molar-refractivity contribution in [2.45, 2.75) is 0 Å². The first-order valence-corrected chi connectivity index (χ1v) is 5.96. The quantitative estimate of drug-likeness (QED) is 0.638. The average molecular weight is 319 g/mol. The number of rotatable bonds is 3. The Morgan fingerprint density at radius 2 is 2.29 bits per heavy atom. The summed E-state index contributed by atoms with van der Waals surface area (Å²) in [4.78, 5) is 13.9. The maximum atomic E-state index is 12.9. The van der Waals surface area contributed by atoms with Crippen molar-refractivity contribution >= 4 is 33.0 Å². The zero-order valence-electron chi connectivity index (χ0n) is 8.09. The van der Waals surface area contributed by atoms with Crippen LogP contribution in [0.1, 0.15) is 0 Å². The SMILES string of the molecule is O=[N+]([O-])c1cc(F)ccc1Oc1nc(Br)cs1. The molecule has 0 fully saturated rings. The van der Waals surface area contributed by atoms with E-state index >= 15 is 0 Å². The van der Waals surface area contributed by atoms with Crippen LogP contribution in [-0.2, 0) is 0 Å². The van der Waals surface area contributed by atoms with Crippen LogP contribution in [0.5, 0.6) is 10.9 Å². The van der Waals surface area contributed by atoms with Gasteiger partial charge in [0.25, 0.3) is 5.19 Å². The number of benzene rings is 1. The minimum Gasteiger partial charge on any atom is -0.423 e. The van der Waals surface area contributed by atoms with Gasteiger partial charge in [0.2, 0.25) is 5.75 Å². The number of nitro benzene ring substituents is 1. The van der Waals surface area contributed by atoms with Gasteiger partial charge in [0.15, 0.2) is 0 Å². The van der Waals surface area contributed by atoms with E-state index in [0.29, 0.717) is 4.60 Å². The Balaban J connectivity index is 2.35. The van der Waals surface area contributed by atoms with Crippen molar-refractivity contribution in [3.63, 3.8) is 0 Å². The highest BCUT2D eigenvalue weighted by Crippen LogP contribution is 2.33. The van der Waals surface area contributed by atoms with Gasteiger partial charge in [0.05, 0.1) is 11.0 Å². The average Bonchev–Trinajstić information content (AvgIpc) is 2.66. The van der Waals surface area contributed by atoms with Crippen molar-refractivity contribution < 1.29 is 14.1 Å². The zero-order valence-corrected chi connectivity index (χ0v) is 10.5. The molecule has 1 heterocycles. The fourth-order valence-electron chi connectivity index (χ4n) is 1.10. The van der Waals surface area contributed by atoms with Crippen LogP contribution in [0.3, 0.4) is 0 Å². The fourth-order valence-corrected chi connectivity index (χ4v) is 2.20. The van der Waals surface area contributed by atoms with Crippen LogP contribution in [0.4, 0.5) is 10.1 Å². The number of nitro groups is 1. The molecular weight excluding hydrogens is 315 g/mol. The molecule has 0 radical (unpaired) electrons. The Morgan fingerprint density at radius 3 is 2.88 bits per heavy atom. The summed E-state index contributed by atoms with van der Waals surface area (Å²) in [5, 5.41) is 12.6. The first-order valence-electron chi connectivity index (χ1n) is 4.29. The highest BCUT2D eigenvalue weighted by molar-refractivity contribution is 9.10. The normalized spacial score (nSPS) is 10.2. The number of thiazole rings is 1. The van der Waals surface area contributed by atoms with Crippen molar-refractivity contribution in [2.75, 3.05) is 0 Å². The molecule has 0 aliphatic heterocycles. The van der Waals surface area contributed by atoms with E-state index in [2.05, 4.69) is 20.9 Å². The summed E-state index contributed by atoms with van der Waals surface area (Å²) in [6, 6.07) is 3.09. The summed E-state index contributed by atoms with van der Waals surface area (Å²) >= 11 is 4.30. The van der Waals surface area contributed by atoms with Gasteiger partial charge in [0.1, 0.15) is 10.4 Å². The predicted molar refractivity (Wildman–Crippen MR) is 62.9 cm³/mol. The monoisotopic (exact) mass is 318 g/mol. The maximum absolute atomic E-state index is 12.9. The second-order valence-corrected chi connectivity index (χ2v) is 4.54. The van der Waals surface area contributed by atoms with Crippen LogP contribution >= 0.6 is 27.3 Å². The summed E-state index contributed by atoms with van der Waals surface area (Å²) in [6.07, 6.45) is 0. The second kappa shape index (κ2) is 4.76. The molecule has 0 unspecified atom stereocenters. The van der Waals surface area contributed by atoms with Crippen molar-refractivity contribution in [2.24, 2.45) is 0 Å². The molecule has 0 aliphatic rings. The third-order valence-electron chi connectivity index (χ3n) is 1.77. The van der Waals surface area contributed by atoms with E-state index in [-0.39, 0.29) is 10.9 Å². The molecule has 0 saturated heterocycles. The van der Waals surface area contributed by atoms with Gasteiger partial charge in [-0.05, 0) is 28.1 Å². The second-order valence-electron chi connectivity index (χ2n) is 2.91. The van der Waals surface area contributed by atoms with Crippen LogP contribution in [0.2, 0.25) is 0 Å². The van der Waals surface area contributed by atoms with Crippen LogP contribution in [0.15, 0.2) is 28.2 Å². The van der Waals surface area contributed by atoms with Gasteiger partial charge in [-0.2, -0.15) is 4.98 Å². The standard InChI is InChI=1S/C9H4BrFN2O3S/c10-8-4-17-9(12-8)16-7-2-1-5(11)3-6(7)13(14)15/h1-4H. The first-order chi connectivity index (χ1) is 8.06. The van der Waals surface area contributed by atoms with Crippen molar-refractivity contribution in [3.05, 3.63) is 44.1 Å². The fraction of sp³-hybridized carbons (Fsp3) is 0. The van der Waals surface area contributed by atoms with Crippen molar-refractivity contribution in [1.82, 2.24) is 4.98 Å². The minimum atomic E-state index is -0.707. The number of hydrogen-bond donors (Lipinski definition) is 0. The highest BCUT2D eigenvalue weighted by Gasteiger charge is 2.18. The summed E-state index contributed by atoms with van der Waals surface area (Å²) in [7, 11) is 0. The molecule has 1 aromatic heterocycles. The molecule has 88 valence electrons. The van der Waals surface area contributed by atoms with Gasteiger partial charge in [-0.15, -0.1) is 0 Å². The number of halogens is 2. The van der Waals surface area contributed by atoms with Gasteiger partial charge in [-0.3, -0.25) is 10.1 Å². The number of nitrogens with zero attached hydrogens (tertiary/aromatic N) is 2. The molecule has 2 rings (SSSR count). The third-order valence-corrected chi connectivity index (χ3v) is 3.20. The van der Waals surface area contributed by atoms with Crippen LogP contribution in [0, 0.1) is 15.9 Å². The van der Waals surface area contributed by atoms with Crippen LogP contribution in [0.25, 0.3) is 0 Å². The number of hydrogen-bond acceptors (Lipinski definition) is 5. The van der Waals surface area contributed by atoms with E-state index in [9.17, 15) is 14.5 Å². The van der Waals surface area contributed by atoms with Gasteiger partial charge in [0, 0.05) is 5.38 Å².